The molecule has 0 radical (unpaired) electrons. The SMILES string of the molecule is NCC1CCCC(CNC(=O)c2ccc3c(c2)NC(=O)CC(c2ccccc2)N3C(=O)c2ccccc2)C1. The lowest BCUT2D eigenvalue weighted by Gasteiger charge is -2.31. The monoisotopic (exact) mass is 510 g/mol. The van der Waals surface area contributed by atoms with E-state index < -0.39 is 6.04 Å². The van der Waals surface area contributed by atoms with Crippen LogP contribution in [0.2, 0.25) is 0 Å². The topological polar surface area (TPSA) is 105 Å². The molecule has 1 aliphatic heterocycles. The summed E-state index contributed by atoms with van der Waals surface area (Å²) < 4.78 is 0. The van der Waals surface area contributed by atoms with E-state index in [-0.39, 0.29) is 24.1 Å². The van der Waals surface area contributed by atoms with Crippen LogP contribution in [-0.2, 0) is 4.79 Å². The molecule has 1 fully saturated rings. The third-order valence-electron chi connectivity index (χ3n) is 7.68. The summed E-state index contributed by atoms with van der Waals surface area (Å²) >= 11 is 0. The Bertz CT molecular complexity index is 1290. The van der Waals surface area contributed by atoms with Gasteiger partial charge >= 0.3 is 0 Å². The molecule has 4 N–H and O–H groups in total. The second-order valence-electron chi connectivity index (χ2n) is 10.3. The number of carbonyl (C=O) groups is 3. The number of benzene rings is 3. The van der Waals surface area contributed by atoms with Gasteiger partial charge in [-0.2, -0.15) is 0 Å². The van der Waals surface area contributed by atoms with Crippen LogP contribution in [-0.4, -0.2) is 30.8 Å². The predicted octanol–water partition coefficient (Wildman–Crippen LogP) is 4.91. The fraction of sp³-hybridized carbons (Fsp3) is 0.323. The van der Waals surface area contributed by atoms with Crippen molar-refractivity contribution in [3.8, 4) is 0 Å². The molecule has 2 aliphatic rings. The maximum absolute atomic E-state index is 13.9. The van der Waals surface area contributed by atoms with E-state index in [4.69, 9.17) is 5.73 Å². The van der Waals surface area contributed by atoms with Gasteiger partial charge in [-0.3, -0.25) is 19.3 Å². The Morgan fingerprint density at radius 3 is 2.37 bits per heavy atom. The lowest BCUT2D eigenvalue weighted by Crippen LogP contribution is -2.35. The predicted molar refractivity (Wildman–Crippen MR) is 149 cm³/mol. The van der Waals surface area contributed by atoms with Gasteiger partial charge in [0.05, 0.1) is 23.8 Å². The van der Waals surface area contributed by atoms with Crippen LogP contribution < -0.4 is 21.3 Å². The number of amides is 3. The molecule has 196 valence electrons. The van der Waals surface area contributed by atoms with E-state index in [1.807, 2.05) is 48.5 Å². The van der Waals surface area contributed by atoms with E-state index in [1.165, 1.54) is 0 Å². The van der Waals surface area contributed by atoms with Crippen LogP contribution in [0, 0.1) is 11.8 Å². The number of anilines is 2. The number of hydrogen-bond donors (Lipinski definition) is 3. The van der Waals surface area contributed by atoms with Crippen molar-refractivity contribution in [1.82, 2.24) is 5.32 Å². The zero-order valence-electron chi connectivity index (χ0n) is 21.4. The van der Waals surface area contributed by atoms with Gasteiger partial charge in [-0.15, -0.1) is 0 Å². The third-order valence-corrected chi connectivity index (χ3v) is 7.68. The third kappa shape index (κ3) is 5.63. The van der Waals surface area contributed by atoms with Crippen molar-refractivity contribution in [3.63, 3.8) is 0 Å². The lowest BCUT2D eigenvalue weighted by atomic mass is 9.81. The highest BCUT2D eigenvalue weighted by Crippen LogP contribution is 2.39. The Balaban J connectivity index is 1.44. The van der Waals surface area contributed by atoms with E-state index in [1.54, 1.807) is 35.2 Å². The van der Waals surface area contributed by atoms with Gasteiger partial charge in [0.2, 0.25) is 5.91 Å². The summed E-state index contributed by atoms with van der Waals surface area (Å²) in [6, 6.07) is 23.3. The first-order chi connectivity index (χ1) is 18.5. The van der Waals surface area contributed by atoms with Crippen molar-refractivity contribution >= 4 is 29.1 Å². The summed E-state index contributed by atoms with van der Waals surface area (Å²) in [4.78, 5) is 41.7. The molecule has 0 bridgehead atoms. The maximum Gasteiger partial charge on any atom is 0.258 e. The van der Waals surface area contributed by atoms with Crippen molar-refractivity contribution in [1.29, 1.82) is 0 Å². The second kappa shape index (κ2) is 11.6. The van der Waals surface area contributed by atoms with Gasteiger partial charge in [-0.05, 0) is 73.5 Å². The smallest absolute Gasteiger partial charge is 0.258 e. The van der Waals surface area contributed by atoms with E-state index >= 15 is 0 Å². The minimum absolute atomic E-state index is 0.1000. The van der Waals surface area contributed by atoms with Crippen molar-refractivity contribution < 1.29 is 14.4 Å². The summed E-state index contributed by atoms with van der Waals surface area (Å²) in [5.41, 5.74) is 8.72. The van der Waals surface area contributed by atoms with Crippen LogP contribution in [0.5, 0.6) is 0 Å². The largest absolute Gasteiger partial charge is 0.352 e. The minimum Gasteiger partial charge on any atom is -0.352 e. The summed E-state index contributed by atoms with van der Waals surface area (Å²) in [6.45, 7) is 1.30. The molecule has 0 spiro atoms. The van der Waals surface area contributed by atoms with Crippen molar-refractivity contribution in [3.05, 3.63) is 95.6 Å². The molecule has 1 heterocycles. The second-order valence-corrected chi connectivity index (χ2v) is 10.3. The van der Waals surface area contributed by atoms with Crippen molar-refractivity contribution in [2.75, 3.05) is 23.3 Å². The number of rotatable bonds is 6. The molecule has 0 saturated heterocycles. The molecule has 38 heavy (non-hydrogen) atoms. The molecule has 7 nitrogen and oxygen atoms in total. The van der Waals surface area contributed by atoms with Crippen LogP contribution in [0.15, 0.2) is 78.9 Å². The highest BCUT2D eigenvalue weighted by atomic mass is 16.2. The number of hydrogen-bond acceptors (Lipinski definition) is 4. The molecule has 1 aliphatic carbocycles. The standard InChI is InChI=1S/C31H34N4O3/c32-19-21-8-7-9-22(16-21)20-33-30(37)25-14-15-27-26(17-25)34-29(36)18-28(23-10-3-1-4-11-23)35(27)31(38)24-12-5-2-6-13-24/h1-6,10-15,17,21-22,28H,7-9,16,18-20,32H2,(H,33,37)(H,34,36). The molecule has 0 aromatic heterocycles. The Morgan fingerprint density at radius 2 is 1.63 bits per heavy atom. The number of nitrogens with one attached hydrogen (secondary N) is 2. The minimum atomic E-state index is -0.494. The van der Waals surface area contributed by atoms with Crippen LogP contribution >= 0.6 is 0 Å². The summed E-state index contributed by atoms with van der Waals surface area (Å²) in [5, 5.41) is 6.01. The van der Waals surface area contributed by atoms with Crippen LogP contribution in [0.4, 0.5) is 11.4 Å². The maximum atomic E-state index is 13.9. The molecule has 3 amide bonds. The van der Waals surface area contributed by atoms with Gasteiger partial charge in [0, 0.05) is 17.7 Å². The highest BCUT2D eigenvalue weighted by molar-refractivity contribution is 6.12. The fourth-order valence-electron chi connectivity index (χ4n) is 5.68. The van der Waals surface area contributed by atoms with Gasteiger partial charge in [-0.25, -0.2) is 0 Å². The average molecular weight is 511 g/mol. The summed E-state index contributed by atoms with van der Waals surface area (Å²) in [7, 11) is 0. The van der Waals surface area contributed by atoms with Gasteiger partial charge in [0.15, 0.2) is 0 Å². The first kappa shape index (κ1) is 25.7. The van der Waals surface area contributed by atoms with Gasteiger partial charge in [0.25, 0.3) is 11.8 Å². The Labute approximate surface area is 223 Å². The van der Waals surface area contributed by atoms with E-state index in [2.05, 4.69) is 10.6 Å². The number of carbonyl (C=O) groups excluding carboxylic acids is 3. The number of nitrogens with zero attached hydrogens (tertiary/aromatic N) is 1. The summed E-state index contributed by atoms with van der Waals surface area (Å²) in [6.07, 6.45) is 4.53. The Morgan fingerprint density at radius 1 is 0.921 bits per heavy atom. The molecule has 7 heteroatoms. The molecular weight excluding hydrogens is 476 g/mol. The molecule has 5 rings (SSSR count). The first-order valence-electron chi connectivity index (χ1n) is 13.4. The van der Waals surface area contributed by atoms with Crippen LogP contribution in [0.1, 0.15) is 64.4 Å². The lowest BCUT2D eigenvalue weighted by molar-refractivity contribution is -0.116. The van der Waals surface area contributed by atoms with E-state index in [0.717, 1.165) is 31.2 Å². The zero-order chi connectivity index (χ0) is 26.5. The molecule has 1 saturated carbocycles. The van der Waals surface area contributed by atoms with Gasteiger partial charge in [-0.1, -0.05) is 55.0 Å². The molecule has 3 unspecified atom stereocenters. The Hall–Kier alpha value is -3.97. The molecular formula is C31H34N4O3. The normalized spacial score (nSPS) is 21.1. The van der Waals surface area contributed by atoms with Gasteiger partial charge in [0.1, 0.15) is 0 Å². The van der Waals surface area contributed by atoms with E-state index in [0.29, 0.717) is 47.4 Å². The van der Waals surface area contributed by atoms with Crippen molar-refractivity contribution in [2.45, 2.75) is 38.1 Å². The molecule has 3 atom stereocenters. The van der Waals surface area contributed by atoms with Gasteiger partial charge < -0.3 is 16.4 Å². The molecule has 3 aromatic rings. The highest BCUT2D eigenvalue weighted by Gasteiger charge is 2.34. The zero-order valence-corrected chi connectivity index (χ0v) is 21.4. The quantitative estimate of drug-likeness (QED) is 0.438. The Kier molecular flexibility index (Phi) is 7.84. The van der Waals surface area contributed by atoms with Crippen LogP contribution in [0.3, 0.4) is 0 Å². The van der Waals surface area contributed by atoms with Crippen LogP contribution in [0.25, 0.3) is 0 Å². The molecule has 3 aromatic carbocycles. The number of nitrogens with two attached hydrogens (primary N) is 1. The fourth-order valence-corrected chi connectivity index (χ4v) is 5.68. The first-order valence-corrected chi connectivity index (χ1v) is 13.4. The van der Waals surface area contributed by atoms with Crippen molar-refractivity contribution in [2.24, 2.45) is 17.6 Å². The summed E-state index contributed by atoms with van der Waals surface area (Å²) in [5.74, 6) is 0.338. The number of fused-ring (bicyclic) bond motifs is 1. The van der Waals surface area contributed by atoms with E-state index in [9.17, 15) is 14.4 Å². The average Bonchev–Trinajstić information content (AvgIpc) is 3.11.